The Labute approximate surface area is 107 Å². The molecule has 5 heteroatoms. The smallest absolute Gasteiger partial charge is 0.339 e. The van der Waals surface area contributed by atoms with Gasteiger partial charge in [-0.25, -0.2) is 14.8 Å². The predicted octanol–water partition coefficient (Wildman–Crippen LogP) is 1.80. The highest BCUT2D eigenvalue weighted by molar-refractivity contribution is 5.88. The van der Waals surface area contributed by atoms with E-state index < -0.39 is 5.97 Å². The van der Waals surface area contributed by atoms with E-state index >= 15 is 0 Å². The van der Waals surface area contributed by atoms with E-state index in [4.69, 9.17) is 5.11 Å². The molecule has 0 atom stereocenters. The number of carbonyl (C=O) groups is 1. The van der Waals surface area contributed by atoms with Gasteiger partial charge in [0.05, 0.1) is 5.69 Å². The lowest BCUT2D eigenvalue weighted by Crippen LogP contribution is -2.33. The number of carboxylic acids is 1. The van der Waals surface area contributed by atoms with Gasteiger partial charge >= 0.3 is 5.97 Å². The minimum absolute atomic E-state index is 0.207. The summed E-state index contributed by atoms with van der Waals surface area (Å²) in [5.74, 6) is -0.178. The Morgan fingerprint density at radius 3 is 2.83 bits per heavy atom. The summed E-state index contributed by atoms with van der Waals surface area (Å²) in [4.78, 5) is 21.3. The van der Waals surface area contributed by atoms with Gasteiger partial charge in [-0.05, 0) is 32.6 Å². The van der Waals surface area contributed by atoms with Gasteiger partial charge in [-0.2, -0.15) is 0 Å². The number of hydrogen-bond donors (Lipinski definition) is 1. The second kappa shape index (κ2) is 5.44. The lowest BCUT2D eigenvalue weighted by molar-refractivity contribution is 0.0692. The van der Waals surface area contributed by atoms with Gasteiger partial charge < -0.3 is 5.11 Å². The molecule has 5 nitrogen and oxygen atoms in total. The van der Waals surface area contributed by atoms with Crippen LogP contribution < -0.4 is 0 Å². The van der Waals surface area contributed by atoms with Gasteiger partial charge in [0.1, 0.15) is 11.9 Å². The molecular formula is C13H19N3O2. The molecule has 0 bridgehead atoms. The summed E-state index contributed by atoms with van der Waals surface area (Å²) in [6, 6.07) is 0.391. The molecule has 98 valence electrons. The fraction of sp³-hybridized carbons (Fsp3) is 0.615. The first kappa shape index (κ1) is 13.0. The summed E-state index contributed by atoms with van der Waals surface area (Å²) in [6.45, 7) is 5.87. The number of nitrogens with zero attached hydrogens (tertiary/aromatic N) is 3. The fourth-order valence-corrected chi connectivity index (χ4v) is 1.94. The third kappa shape index (κ3) is 3.26. The molecule has 1 aliphatic carbocycles. The standard InChI is InChI=1S/C13H19N3O2/c1-9(2)16(6-10-3-4-10)7-12-11(13(17)18)5-14-8-15-12/h5,8-10H,3-4,6-7H2,1-2H3,(H,17,18). The van der Waals surface area contributed by atoms with Gasteiger partial charge in [0.25, 0.3) is 0 Å². The van der Waals surface area contributed by atoms with Gasteiger partial charge in [0, 0.05) is 25.3 Å². The quantitative estimate of drug-likeness (QED) is 0.832. The molecule has 1 fully saturated rings. The Hall–Kier alpha value is -1.49. The maximum absolute atomic E-state index is 11.1. The van der Waals surface area contributed by atoms with Gasteiger partial charge in [-0.1, -0.05) is 0 Å². The number of hydrogen-bond acceptors (Lipinski definition) is 4. The van der Waals surface area contributed by atoms with Gasteiger partial charge in [0.15, 0.2) is 0 Å². The molecule has 0 spiro atoms. The molecule has 1 saturated carbocycles. The average molecular weight is 249 g/mol. The van der Waals surface area contributed by atoms with E-state index in [0.29, 0.717) is 18.3 Å². The van der Waals surface area contributed by atoms with Crippen molar-refractivity contribution >= 4 is 5.97 Å². The zero-order valence-corrected chi connectivity index (χ0v) is 10.8. The van der Waals surface area contributed by atoms with E-state index in [1.807, 2.05) is 0 Å². The highest BCUT2D eigenvalue weighted by atomic mass is 16.4. The zero-order chi connectivity index (χ0) is 13.1. The Morgan fingerprint density at radius 1 is 1.56 bits per heavy atom. The summed E-state index contributed by atoms with van der Waals surface area (Å²) >= 11 is 0. The molecule has 1 N–H and O–H groups in total. The molecule has 0 amide bonds. The molecule has 1 aromatic heterocycles. The Kier molecular flexibility index (Phi) is 3.91. The Bertz CT molecular complexity index is 430. The number of aromatic carboxylic acids is 1. The second-order valence-corrected chi connectivity index (χ2v) is 5.15. The van der Waals surface area contributed by atoms with E-state index in [1.165, 1.54) is 25.4 Å². The molecule has 2 rings (SSSR count). The van der Waals surface area contributed by atoms with Crippen LogP contribution in [0.2, 0.25) is 0 Å². The van der Waals surface area contributed by atoms with E-state index in [0.717, 1.165) is 12.5 Å². The Morgan fingerprint density at radius 2 is 2.28 bits per heavy atom. The first-order valence-electron chi connectivity index (χ1n) is 6.34. The van der Waals surface area contributed by atoms with Crippen LogP contribution in [0.1, 0.15) is 42.7 Å². The first-order chi connectivity index (χ1) is 8.58. The topological polar surface area (TPSA) is 66.3 Å². The molecule has 0 radical (unpaired) electrons. The van der Waals surface area contributed by atoms with Crippen molar-refractivity contribution in [2.24, 2.45) is 5.92 Å². The van der Waals surface area contributed by atoms with E-state index in [-0.39, 0.29) is 5.56 Å². The maximum Gasteiger partial charge on any atom is 0.339 e. The number of rotatable bonds is 6. The van der Waals surface area contributed by atoms with Crippen molar-refractivity contribution in [3.8, 4) is 0 Å². The fourth-order valence-electron chi connectivity index (χ4n) is 1.94. The van der Waals surface area contributed by atoms with Crippen LogP contribution in [0.5, 0.6) is 0 Å². The molecule has 1 heterocycles. The van der Waals surface area contributed by atoms with E-state index in [1.54, 1.807) is 0 Å². The van der Waals surface area contributed by atoms with Crippen molar-refractivity contribution in [1.82, 2.24) is 14.9 Å². The van der Waals surface area contributed by atoms with Crippen molar-refractivity contribution in [2.75, 3.05) is 6.54 Å². The van der Waals surface area contributed by atoms with Crippen LogP contribution >= 0.6 is 0 Å². The highest BCUT2D eigenvalue weighted by Crippen LogP contribution is 2.30. The molecule has 18 heavy (non-hydrogen) atoms. The molecule has 0 saturated heterocycles. The minimum Gasteiger partial charge on any atom is -0.478 e. The third-order valence-electron chi connectivity index (χ3n) is 3.30. The third-order valence-corrected chi connectivity index (χ3v) is 3.30. The molecule has 0 aliphatic heterocycles. The van der Waals surface area contributed by atoms with Crippen LogP contribution in [-0.2, 0) is 6.54 Å². The highest BCUT2D eigenvalue weighted by Gasteiger charge is 2.26. The molecule has 0 unspecified atom stereocenters. The second-order valence-electron chi connectivity index (χ2n) is 5.15. The van der Waals surface area contributed by atoms with Crippen LogP contribution in [0.4, 0.5) is 0 Å². The van der Waals surface area contributed by atoms with Crippen LogP contribution in [0.15, 0.2) is 12.5 Å². The summed E-state index contributed by atoms with van der Waals surface area (Å²) in [6.07, 6.45) is 5.37. The lowest BCUT2D eigenvalue weighted by Gasteiger charge is -2.26. The van der Waals surface area contributed by atoms with Crippen LogP contribution in [-0.4, -0.2) is 38.5 Å². The van der Waals surface area contributed by atoms with Crippen LogP contribution in [0.3, 0.4) is 0 Å². The summed E-state index contributed by atoms with van der Waals surface area (Å²) in [7, 11) is 0. The van der Waals surface area contributed by atoms with Crippen molar-refractivity contribution in [2.45, 2.75) is 39.3 Å². The first-order valence-corrected chi connectivity index (χ1v) is 6.34. The van der Waals surface area contributed by atoms with Crippen molar-refractivity contribution in [3.63, 3.8) is 0 Å². The van der Waals surface area contributed by atoms with Crippen LogP contribution in [0.25, 0.3) is 0 Å². The van der Waals surface area contributed by atoms with Gasteiger partial charge in [-0.3, -0.25) is 4.90 Å². The summed E-state index contributed by atoms with van der Waals surface area (Å²) < 4.78 is 0. The predicted molar refractivity (Wildman–Crippen MR) is 67.3 cm³/mol. The lowest BCUT2D eigenvalue weighted by atomic mass is 10.2. The SMILES string of the molecule is CC(C)N(Cc1ncncc1C(=O)O)CC1CC1. The number of aromatic nitrogens is 2. The molecule has 1 aromatic rings. The van der Waals surface area contributed by atoms with E-state index in [2.05, 4.69) is 28.7 Å². The molecule has 1 aliphatic rings. The molecule has 0 aromatic carbocycles. The average Bonchev–Trinajstić information content (AvgIpc) is 3.12. The monoisotopic (exact) mass is 249 g/mol. The van der Waals surface area contributed by atoms with Crippen molar-refractivity contribution in [3.05, 3.63) is 23.8 Å². The van der Waals surface area contributed by atoms with Crippen LogP contribution in [0, 0.1) is 5.92 Å². The van der Waals surface area contributed by atoms with Gasteiger partial charge in [0.2, 0.25) is 0 Å². The summed E-state index contributed by atoms with van der Waals surface area (Å²) in [5, 5.41) is 9.11. The Balaban J connectivity index is 2.12. The maximum atomic E-state index is 11.1. The van der Waals surface area contributed by atoms with Crippen molar-refractivity contribution < 1.29 is 9.90 Å². The number of carboxylic acid groups (broad SMARTS) is 1. The largest absolute Gasteiger partial charge is 0.478 e. The van der Waals surface area contributed by atoms with E-state index in [9.17, 15) is 4.79 Å². The molecular weight excluding hydrogens is 230 g/mol. The van der Waals surface area contributed by atoms with Gasteiger partial charge in [-0.15, -0.1) is 0 Å². The van der Waals surface area contributed by atoms with Crippen molar-refractivity contribution in [1.29, 1.82) is 0 Å². The normalized spacial score (nSPS) is 15.3. The minimum atomic E-state index is -0.958. The summed E-state index contributed by atoms with van der Waals surface area (Å²) in [5.41, 5.74) is 0.811. The zero-order valence-electron chi connectivity index (χ0n) is 10.8.